The molecule has 3 aliphatic rings. The summed E-state index contributed by atoms with van der Waals surface area (Å²) in [5.41, 5.74) is 2.95. The van der Waals surface area contributed by atoms with Crippen LogP contribution in [-0.2, 0) is 0 Å². The Bertz CT molecular complexity index is 1010. The molecule has 0 bridgehead atoms. The van der Waals surface area contributed by atoms with Crippen LogP contribution in [0.25, 0.3) is 11.1 Å². The zero-order chi connectivity index (χ0) is 23.3. The second-order valence-electron chi connectivity index (χ2n) is 9.46. The van der Waals surface area contributed by atoms with Crippen molar-refractivity contribution in [3.8, 4) is 28.4 Å². The van der Waals surface area contributed by atoms with Gasteiger partial charge in [0.25, 0.3) is 0 Å². The molecule has 0 amide bonds. The second kappa shape index (κ2) is 10.8. The Kier molecular flexibility index (Phi) is 7.36. The third-order valence-electron chi connectivity index (χ3n) is 7.07. The minimum absolute atomic E-state index is 0.00638. The predicted molar refractivity (Wildman–Crippen MR) is 133 cm³/mol. The van der Waals surface area contributed by atoms with Gasteiger partial charge in [0.05, 0.1) is 12.2 Å². The van der Waals surface area contributed by atoms with Crippen molar-refractivity contribution >= 4 is 5.78 Å². The Labute approximate surface area is 202 Å². The monoisotopic (exact) mass is 464 g/mol. The van der Waals surface area contributed by atoms with E-state index in [1.54, 1.807) is 0 Å². The molecule has 1 aliphatic carbocycles. The maximum atomic E-state index is 13.6. The van der Waals surface area contributed by atoms with Gasteiger partial charge in [-0.2, -0.15) is 0 Å². The summed E-state index contributed by atoms with van der Waals surface area (Å²) < 4.78 is 18.6. The van der Waals surface area contributed by atoms with Crippen LogP contribution in [-0.4, -0.2) is 74.7 Å². The molecule has 2 fully saturated rings. The van der Waals surface area contributed by atoms with Crippen LogP contribution in [0.4, 0.5) is 0 Å². The fraction of sp³-hybridized carbons (Fsp3) is 0.536. The van der Waals surface area contributed by atoms with Gasteiger partial charge in [-0.1, -0.05) is 19.1 Å². The van der Waals surface area contributed by atoms with E-state index in [0.717, 1.165) is 68.3 Å². The first kappa shape index (κ1) is 23.2. The molecule has 0 N–H and O–H groups in total. The van der Waals surface area contributed by atoms with Crippen LogP contribution in [0.2, 0.25) is 0 Å². The molecule has 0 atom stereocenters. The average molecular weight is 465 g/mol. The Morgan fingerprint density at radius 3 is 1.79 bits per heavy atom. The molecule has 0 saturated carbocycles. The van der Waals surface area contributed by atoms with Gasteiger partial charge in [0.1, 0.15) is 30.5 Å². The van der Waals surface area contributed by atoms with E-state index in [2.05, 4.69) is 16.7 Å². The summed E-state index contributed by atoms with van der Waals surface area (Å²) in [6.07, 6.45) is 5.95. The van der Waals surface area contributed by atoms with Gasteiger partial charge >= 0.3 is 0 Å². The predicted octanol–water partition coefficient (Wildman–Crippen LogP) is 4.64. The first-order valence-corrected chi connectivity index (χ1v) is 12.9. The summed E-state index contributed by atoms with van der Waals surface area (Å²) in [4.78, 5) is 18.4. The lowest BCUT2D eigenvalue weighted by atomic mass is 10.0. The van der Waals surface area contributed by atoms with Crippen molar-refractivity contribution in [3.63, 3.8) is 0 Å². The minimum atomic E-state index is -0.00638. The Morgan fingerprint density at radius 2 is 1.21 bits per heavy atom. The van der Waals surface area contributed by atoms with Crippen molar-refractivity contribution < 1.29 is 19.0 Å². The van der Waals surface area contributed by atoms with Gasteiger partial charge in [-0.05, 0) is 76.5 Å². The molecule has 34 heavy (non-hydrogen) atoms. The van der Waals surface area contributed by atoms with Crippen molar-refractivity contribution in [1.82, 2.24) is 9.80 Å². The van der Waals surface area contributed by atoms with Crippen LogP contribution < -0.4 is 14.2 Å². The quantitative estimate of drug-likeness (QED) is 0.412. The number of benzene rings is 2. The van der Waals surface area contributed by atoms with Gasteiger partial charge in [0, 0.05) is 29.8 Å². The Hall–Kier alpha value is -2.57. The molecule has 2 heterocycles. The summed E-state index contributed by atoms with van der Waals surface area (Å²) in [6.45, 7) is 10.2. The summed E-state index contributed by atoms with van der Waals surface area (Å²) in [6, 6.07) is 9.61. The van der Waals surface area contributed by atoms with Gasteiger partial charge in [0.2, 0.25) is 0 Å². The molecule has 6 heteroatoms. The number of rotatable bonds is 11. The number of hydrogen-bond donors (Lipinski definition) is 0. The van der Waals surface area contributed by atoms with E-state index < -0.39 is 0 Å². The largest absolute Gasteiger partial charge is 0.493 e. The van der Waals surface area contributed by atoms with Crippen molar-refractivity contribution in [1.29, 1.82) is 0 Å². The van der Waals surface area contributed by atoms with Gasteiger partial charge in [-0.3, -0.25) is 14.6 Å². The standard InChI is InChI=1S/C28H36N2O4/c1-2-18-32-23-10-11-24(34-20-17-30-14-5-6-15-30)27-26(23)25-21(28(27)31)8-7-9-22(25)33-19-16-29-12-3-4-13-29/h7-11H,2-6,12-20H2,1H3. The third kappa shape index (κ3) is 4.80. The number of ketones is 1. The molecule has 2 aromatic carbocycles. The van der Waals surface area contributed by atoms with E-state index in [1.165, 1.54) is 25.7 Å². The molecule has 2 saturated heterocycles. The summed E-state index contributed by atoms with van der Waals surface area (Å²) in [5, 5.41) is 0. The molecule has 0 unspecified atom stereocenters. The van der Waals surface area contributed by atoms with Crippen molar-refractivity contribution in [3.05, 3.63) is 41.5 Å². The molecular weight excluding hydrogens is 428 g/mol. The normalized spacial score (nSPS) is 17.7. The fourth-order valence-corrected chi connectivity index (χ4v) is 5.31. The van der Waals surface area contributed by atoms with Crippen molar-refractivity contribution in [2.45, 2.75) is 39.0 Å². The van der Waals surface area contributed by atoms with Crippen LogP contribution in [0.3, 0.4) is 0 Å². The molecule has 6 nitrogen and oxygen atoms in total. The van der Waals surface area contributed by atoms with Gasteiger partial charge in [-0.15, -0.1) is 0 Å². The number of nitrogens with zero attached hydrogens (tertiary/aromatic N) is 2. The first-order valence-electron chi connectivity index (χ1n) is 12.9. The van der Waals surface area contributed by atoms with Gasteiger partial charge in [-0.25, -0.2) is 0 Å². The van der Waals surface area contributed by atoms with Crippen molar-refractivity contribution in [2.24, 2.45) is 0 Å². The topological polar surface area (TPSA) is 51.2 Å². The maximum Gasteiger partial charge on any atom is 0.198 e. The molecule has 0 spiro atoms. The highest BCUT2D eigenvalue weighted by atomic mass is 16.5. The lowest BCUT2D eigenvalue weighted by molar-refractivity contribution is 0.103. The number of fused-ring (bicyclic) bond motifs is 3. The van der Waals surface area contributed by atoms with Crippen LogP contribution in [0.5, 0.6) is 17.2 Å². The zero-order valence-corrected chi connectivity index (χ0v) is 20.3. The van der Waals surface area contributed by atoms with E-state index in [4.69, 9.17) is 14.2 Å². The third-order valence-corrected chi connectivity index (χ3v) is 7.07. The average Bonchev–Trinajstić information content (AvgIpc) is 3.61. The number of hydrogen-bond acceptors (Lipinski definition) is 6. The fourth-order valence-electron chi connectivity index (χ4n) is 5.31. The highest BCUT2D eigenvalue weighted by Gasteiger charge is 2.35. The molecule has 2 aromatic rings. The second-order valence-corrected chi connectivity index (χ2v) is 9.46. The van der Waals surface area contributed by atoms with Crippen LogP contribution in [0.15, 0.2) is 30.3 Å². The maximum absolute atomic E-state index is 13.6. The molecule has 0 aromatic heterocycles. The number of ether oxygens (including phenoxy) is 3. The minimum Gasteiger partial charge on any atom is -0.493 e. The SMILES string of the molecule is CCCOc1ccc(OCCN2CCCC2)c2c1-c1c(OCCN3CCCC3)cccc1C2=O. The molecular formula is C28H36N2O4. The van der Waals surface area contributed by atoms with Gasteiger partial charge < -0.3 is 14.2 Å². The zero-order valence-electron chi connectivity index (χ0n) is 20.3. The number of likely N-dealkylation sites (tertiary alicyclic amines) is 2. The number of carbonyl (C=O) groups is 1. The molecule has 182 valence electrons. The summed E-state index contributed by atoms with van der Waals surface area (Å²) in [7, 11) is 0. The van der Waals surface area contributed by atoms with E-state index in [1.807, 2.05) is 30.3 Å². The Balaban J connectivity index is 1.42. The van der Waals surface area contributed by atoms with Crippen LogP contribution in [0, 0.1) is 0 Å². The molecule has 2 aliphatic heterocycles. The Morgan fingerprint density at radius 1 is 0.676 bits per heavy atom. The van der Waals surface area contributed by atoms with Crippen LogP contribution >= 0.6 is 0 Å². The van der Waals surface area contributed by atoms with E-state index in [9.17, 15) is 4.79 Å². The lowest BCUT2D eigenvalue weighted by Gasteiger charge is -2.19. The highest BCUT2D eigenvalue weighted by Crippen LogP contribution is 2.50. The van der Waals surface area contributed by atoms with E-state index in [-0.39, 0.29) is 5.78 Å². The lowest BCUT2D eigenvalue weighted by Crippen LogP contribution is -2.25. The smallest absolute Gasteiger partial charge is 0.198 e. The highest BCUT2D eigenvalue weighted by molar-refractivity contribution is 6.25. The van der Waals surface area contributed by atoms with E-state index >= 15 is 0 Å². The van der Waals surface area contributed by atoms with Crippen LogP contribution in [0.1, 0.15) is 54.9 Å². The van der Waals surface area contributed by atoms with Crippen molar-refractivity contribution in [2.75, 3.05) is 59.1 Å². The number of carbonyl (C=O) groups excluding carboxylic acids is 1. The van der Waals surface area contributed by atoms with E-state index in [0.29, 0.717) is 36.7 Å². The molecule has 0 radical (unpaired) electrons. The first-order chi connectivity index (χ1) is 16.8. The van der Waals surface area contributed by atoms with Gasteiger partial charge in [0.15, 0.2) is 5.78 Å². The molecule has 5 rings (SSSR count). The summed E-state index contributed by atoms with van der Waals surface area (Å²) in [5.74, 6) is 2.11. The summed E-state index contributed by atoms with van der Waals surface area (Å²) >= 11 is 0.